The molecule has 0 atom stereocenters. The van der Waals surface area contributed by atoms with Crippen molar-refractivity contribution in [2.45, 2.75) is 0 Å². The minimum absolute atomic E-state index is 0.178. The van der Waals surface area contributed by atoms with E-state index in [0.717, 1.165) is 10.1 Å². The zero-order chi connectivity index (χ0) is 18.1. The van der Waals surface area contributed by atoms with Gasteiger partial charge >= 0.3 is 5.97 Å². The second kappa shape index (κ2) is 6.56. The van der Waals surface area contributed by atoms with Crippen LogP contribution in [0.4, 0.5) is 5.69 Å². The second-order valence-corrected chi connectivity index (χ2v) is 6.54. The van der Waals surface area contributed by atoms with E-state index in [0.29, 0.717) is 28.1 Å². The molecule has 0 saturated heterocycles. The predicted octanol–water partition coefficient (Wildman–Crippen LogP) is 3.39. The monoisotopic (exact) mass is 359 g/mol. The van der Waals surface area contributed by atoms with E-state index in [2.05, 4.69) is 9.98 Å². The van der Waals surface area contributed by atoms with Gasteiger partial charge in [-0.1, -0.05) is 0 Å². The Morgan fingerprint density at radius 3 is 2.52 bits per heavy atom. The van der Waals surface area contributed by atoms with Crippen LogP contribution < -0.4 is 9.47 Å². The zero-order valence-electron chi connectivity index (χ0n) is 14.2. The Morgan fingerprint density at radius 1 is 1.24 bits per heavy atom. The molecular formula is C17H17N3O4S. The van der Waals surface area contributed by atoms with Crippen molar-refractivity contribution >= 4 is 50.3 Å². The molecule has 1 aromatic carbocycles. The quantitative estimate of drug-likeness (QED) is 0.555. The third-order valence-electron chi connectivity index (χ3n) is 3.61. The van der Waals surface area contributed by atoms with E-state index in [9.17, 15) is 9.90 Å². The number of thiophene rings is 1. The minimum Gasteiger partial charge on any atom is -0.493 e. The summed E-state index contributed by atoms with van der Waals surface area (Å²) in [5.74, 6) is 0.122. The second-order valence-electron chi connectivity index (χ2n) is 5.52. The van der Waals surface area contributed by atoms with Crippen molar-refractivity contribution in [1.29, 1.82) is 0 Å². The van der Waals surface area contributed by atoms with Crippen LogP contribution in [0.3, 0.4) is 0 Å². The van der Waals surface area contributed by atoms with Gasteiger partial charge in [0.05, 0.1) is 31.8 Å². The number of carbonyl (C=O) groups is 1. The standard InChI is InChI=1S/C17H17N3O4S/c1-20(2)8-19-14-10-7-18-11-6-13(24-4)12(23-3)5-9(11)15(10)25-16(14)17(21)22/h5-8H,1-4H3,(H,21,22). The molecule has 0 aliphatic heterocycles. The van der Waals surface area contributed by atoms with Crippen molar-refractivity contribution in [3.63, 3.8) is 0 Å². The van der Waals surface area contributed by atoms with E-state index < -0.39 is 5.97 Å². The summed E-state index contributed by atoms with van der Waals surface area (Å²) in [5.41, 5.74) is 1.11. The molecular weight excluding hydrogens is 342 g/mol. The van der Waals surface area contributed by atoms with Crippen molar-refractivity contribution < 1.29 is 19.4 Å². The zero-order valence-corrected chi connectivity index (χ0v) is 15.0. The molecule has 0 aliphatic carbocycles. The van der Waals surface area contributed by atoms with Crippen LogP contribution in [0.2, 0.25) is 0 Å². The number of fused-ring (bicyclic) bond motifs is 3. The van der Waals surface area contributed by atoms with E-state index in [-0.39, 0.29) is 4.88 Å². The van der Waals surface area contributed by atoms with Gasteiger partial charge in [-0.15, -0.1) is 11.3 Å². The summed E-state index contributed by atoms with van der Waals surface area (Å²) >= 11 is 1.18. The van der Waals surface area contributed by atoms with Crippen molar-refractivity contribution in [2.24, 2.45) is 4.99 Å². The molecule has 7 nitrogen and oxygen atoms in total. The number of aromatic nitrogens is 1. The van der Waals surface area contributed by atoms with E-state index in [1.165, 1.54) is 11.3 Å². The summed E-state index contributed by atoms with van der Waals surface area (Å²) in [6, 6.07) is 3.58. The molecule has 3 aromatic rings. The fraction of sp³-hybridized carbons (Fsp3) is 0.235. The smallest absolute Gasteiger partial charge is 0.348 e. The average molecular weight is 359 g/mol. The Balaban J connectivity index is 2.36. The molecule has 25 heavy (non-hydrogen) atoms. The van der Waals surface area contributed by atoms with Crippen LogP contribution in [0.25, 0.3) is 21.0 Å². The first-order valence-corrected chi connectivity index (χ1v) is 8.19. The number of rotatable bonds is 5. The Labute approximate surface area is 148 Å². The summed E-state index contributed by atoms with van der Waals surface area (Å²) in [7, 11) is 6.76. The van der Waals surface area contributed by atoms with Crippen LogP contribution in [-0.4, -0.2) is 55.6 Å². The van der Waals surface area contributed by atoms with Gasteiger partial charge in [0.1, 0.15) is 4.88 Å². The third-order valence-corrected chi connectivity index (χ3v) is 4.83. The number of hydrogen-bond donors (Lipinski definition) is 1. The van der Waals surface area contributed by atoms with Crippen LogP contribution in [-0.2, 0) is 0 Å². The fourth-order valence-electron chi connectivity index (χ4n) is 2.49. The number of ether oxygens (including phenoxy) is 2. The molecule has 0 fully saturated rings. The first-order valence-electron chi connectivity index (χ1n) is 7.37. The van der Waals surface area contributed by atoms with E-state index >= 15 is 0 Å². The van der Waals surface area contributed by atoms with Crippen molar-refractivity contribution in [1.82, 2.24) is 9.88 Å². The normalized spacial score (nSPS) is 11.4. The first-order chi connectivity index (χ1) is 12.0. The lowest BCUT2D eigenvalue weighted by Gasteiger charge is -2.09. The first kappa shape index (κ1) is 17.0. The van der Waals surface area contributed by atoms with Crippen LogP contribution >= 0.6 is 11.3 Å². The molecule has 8 heteroatoms. The van der Waals surface area contributed by atoms with Gasteiger partial charge in [0.25, 0.3) is 0 Å². The van der Waals surface area contributed by atoms with Gasteiger partial charge in [-0.25, -0.2) is 9.79 Å². The molecule has 3 rings (SSSR count). The molecule has 2 heterocycles. The molecule has 1 N–H and O–H groups in total. The van der Waals surface area contributed by atoms with Gasteiger partial charge in [-0.2, -0.15) is 0 Å². The Morgan fingerprint density at radius 2 is 1.92 bits per heavy atom. The minimum atomic E-state index is -1.01. The van der Waals surface area contributed by atoms with Gasteiger partial charge in [0.2, 0.25) is 0 Å². The predicted molar refractivity (Wildman–Crippen MR) is 99.0 cm³/mol. The lowest BCUT2D eigenvalue weighted by Crippen LogP contribution is -2.07. The maximum absolute atomic E-state index is 11.7. The summed E-state index contributed by atoms with van der Waals surface area (Å²) in [4.78, 5) is 22.4. The Hall–Kier alpha value is -2.87. The topological polar surface area (TPSA) is 84.3 Å². The van der Waals surface area contributed by atoms with Gasteiger partial charge < -0.3 is 19.5 Å². The summed E-state index contributed by atoms with van der Waals surface area (Å²) in [6.45, 7) is 0. The van der Waals surface area contributed by atoms with Gasteiger partial charge in [-0.05, 0) is 6.07 Å². The maximum Gasteiger partial charge on any atom is 0.348 e. The highest BCUT2D eigenvalue weighted by molar-refractivity contribution is 7.22. The molecule has 0 saturated carbocycles. The molecule has 0 radical (unpaired) electrons. The highest BCUT2D eigenvalue weighted by atomic mass is 32.1. The number of pyridine rings is 1. The number of carboxylic acid groups (broad SMARTS) is 1. The van der Waals surface area contributed by atoms with Crippen LogP contribution in [0.1, 0.15) is 9.67 Å². The molecule has 0 bridgehead atoms. The maximum atomic E-state index is 11.7. The average Bonchev–Trinajstić information content (AvgIpc) is 2.97. The van der Waals surface area contributed by atoms with E-state index in [1.54, 1.807) is 37.7 Å². The highest BCUT2D eigenvalue weighted by Crippen LogP contribution is 2.43. The number of aromatic carboxylic acids is 1. The van der Waals surface area contributed by atoms with Crippen LogP contribution in [0.15, 0.2) is 23.3 Å². The molecule has 0 amide bonds. The number of aliphatic imine (C=N–C) groups is 1. The number of methoxy groups -OCH3 is 2. The van der Waals surface area contributed by atoms with Crippen molar-refractivity contribution in [2.75, 3.05) is 28.3 Å². The number of benzene rings is 1. The Bertz CT molecular complexity index is 995. The summed E-state index contributed by atoms with van der Waals surface area (Å²) in [5, 5.41) is 11.0. The molecule has 0 spiro atoms. The highest BCUT2D eigenvalue weighted by Gasteiger charge is 2.20. The number of hydrogen-bond acceptors (Lipinski definition) is 6. The van der Waals surface area contributed by atoms with Gasteiger partial charge in [0.15, 0.2) is 11.5 Å². The van der Waals surface area contributed by atoms with Crippen LogP contribution in [0, 0.1) is 0 Å². The fourth-order valence-corrected chi connectivity index (χ4v) is 3.58. The summed E-state index contributed by atoms with van der Waals surface area (Å²) < 4.78 is 11.5. The van der Waals surface area contributed by atoms with Gasteiger partial charge in [0, 0.05) is 41.8 Å². The SMILES string of the molecule is COc1cc2ncc3c(N=CN(C)C)c(C(=O)O)sc3c2cc1OC. The molecule has 130 valence electrons. The van der Waals surface area contributed by atoms with Crippen LogP contribution in [0.5, 0.6) is 11.5 Å². The van der Waals surface area contributed by atoms with Gasteiger partial charge in [-0.3, -0.25) is 4.98 Å². The lowest BCUT2D eigenvalue weighted by atomic mass is 10.1. The largest absolute Gasteiger partial charge is 0.493 e. The van der Waals surface area contributed by atoms with Crippen molar-refractivity contribution in [3.05, 3.63) is 23.2 Å². The van der Waals surface area contributed by atoms with E-state index in [4.69, 9.17) is 9.47 Å². The molecule has 0 aliphatic rings. The Kier molecular flexibility index (Phi) is 4.45. The molecule has 2 aromatic heterocycles. The number of carboxylic acids is 1. The lowest BCUT2D eigenvalue weighted by molar-refractivity contribution is 0.0703. The van der Waals surface area contributed by atoms with E-state index in [1.807, 2.05) is 20.2 Å². The molecule has 0 unspecified atom stereocenters. The number of nitrogens with zero attached hydrogens (tertiary/aromatic N) is 3. The third kappa shape index (κ3) is 2.96. The summed E-state index contributed by atoms with van der Waals surface area (Å²) in [6.07, 6.45) is 3.22. The van der Waals surface area contributed by atoms with Crippen molar-refractivity contribution in [3.8, 4) is 11.5 Å².